The molecule has 0 unspecified atom stereocenters. The van der Waals surface area contributed by atoms with Crippen LogP contribution in [0.15, 0.2) is 41.1 Å². The predicted octanol–water partition coefficient (Wildman–Crippen LogP) is 3.95. The quantitative estimate of drug-likeness (QED) is 0.861. The van der Waals surface area contributed by atoms with E-state index < -0.39 is 11.7 Å². The zero-order valence-corrected chi connectivity index (χ0v) is 14.9. The summed E-state index contributed by atoms with van der Waals surface area (Å²) < 4.78 is 5.25. The predicted molar refractivity (Wildman–Crippen MR) is 96.2 cm³/mol. The third-order valence-electron chi connectivity index (χ3n) is 3.07. The van der Waals surface area contributed by atoms with Crippen LogP contribution >= 0.6 is 11.3 Å². The van der Waals surface area contributed by atoms with Crippen LogP contribution in [-0.2, 0) is 22.5 Å². The highest BCUT2D eigenvalue weighted by molar-refractivity contribution is 7.07. The molecule has 2 aromatic rings. The summed E-state index contributed by atoms with van der Waals surface area (Å²) in [6.45, 7) is 5.91. The average Bonchev–Trinajstić information content (AvgIpc) is 2.98. The van der Waals surface area contributed by atoms with Crippen molar-refractivity contribution >= 4 is 29.0 Å². The van der Waals surface area contributed by atoms with Gasteiger partial charge >= 0.3 is 6.09 Å². The monoisotopic (exact) mass is 346 g/mol. The van der Waals surface area contributed by atoms with E-state index in [-0.39, 0.29) is 12.3 Å². The second-order valence-corrected chi connectivity index (χ2v) is 7.15. The van der Waals surface area contributed by atoms with Crippen LogP contribution in [0.2, 0.25) is 0 Å². The van der Waals surface area contributed by atoms with Crippen molar-refractivity contribution in [2.45, 2.75) is 39.3 Å². The lowest BCUT2D eigenvalue weighted by molar-refractivity contribution is -0.120. The first-order valence-electron chi connectivity index (χ1n) is 7.69. The molecule has 6 heteroatoms. The standard InChI is InChI=1S/C18H22N2O3S/c1-18(2,3)23-17(22)20-15-7-5-4-6-14(15)10-16(21)19-11-13-8-9-24-12-13/h4-9,12H,10-11H2,1-3H3,(H,19,21)(H,20,22). The molecule has 128 valence electrons. The number of para-hydroxylation sites is 1. The van der Waals surface area contributed by atoms with Crippen LogP contribution in [0.1, 0.15) is 31.9 Å². The van der Waals surface area contributed by atoms with Gasteiger partial charge in [-0.3, -0.25) is 10.1 Å². The molecule has 0 saturated carbocycles. The molecule has 0 aliphatic carbocycles. The summed E-state index contributed by atoms with van der Waals surface area (Å²) >= 11 is 1.60. The van der Waals surface area contributed by atoms with Gasteiger partial charge in [-0.05, 0) is 54.8 Å². The molecule has 0 aliphatic rings. The van der Waals surface area contributed by atoms with Gasteiger partial charge in [0.05, 0.1) is 6.42 Å². The maximum absolute atomic E-state index is 12.1. The molecule has 0 radical (unpaired) electrons. The van der Waals surface area contributed by atoms with Crippen molar-refractivity contribution in [3.8, 4) is 0 Å². The van der Waals surface area contributed by atoms with Crippen molar-refractivity contribution in [1.29, 1.82) is 0 Å². The Kier molecular flexibility index (Phi) is 5.98. The lowest BCUT2D eigenvalue weighted by atomic mass is 10.1. The van der Waals surface area contributed by atoms with Gasteiger partial charge in [-0.2, -0.15) is 11.3 Å². The zero-order chi connectivity index (χ0) is 17.6. The molecule has 0 saturated heterocycles. The third-order valence-corrected chi connectivity index (χ3v) is 3.81. The van der Waals surface area contributed by atoms with E-state index in [2.05, 4.69) is 10.6 Å². The Hall–Kier alpha value is -2.34. The van der Waals surface area contributed by atoms with Gasteiger partial charge in [0.1, 0.15) is 5.60 Å². The molecule has 0 atom stereocenters. The fraction of sp³-hybridized carbons (Fsp3) is 0.333. The Labute approximate surface area is 146 Å². The largest absolute Gasteiger partial charge is 0.444 e. The molecular weight excluding hydrogens is 324 g/mol. The second kappa shape index (κ2) is 7.97. The number of amides is 2. The first kappa shape index (κ1) is 18.0. The fourth-order valence-electron chi connectivity index (χ4n) is 2.04. The van der Waals surface area contributed by atoms with Crippen LogP contribution in [0, 0.1) is 0 Å². The average molecular weight is 346 g/mol. The van der Waals surface area contributed by atoms with Crippen molar-refractivity contribution in [2.24, 2.45) is 0 Å². The minimum absolute atomic E-state index is 0.0976. The number of hydrogen-bond donors (Lipinski definition) is 2. The van der Waals surface area contributed by atoms with E-state index in [1.54, 1.807) is 44.2 Å². The van der Waals surface area contributed by atoms with Crippen LogP contribution in [0.4, 0.5) is 10.5 Å². The van der Waals surface area contributed by atoms with E-state index >= 15 is 0 Å². The normalized spacial score (nSPS) is 11.0. The van der Waals surface area contributed by atoms with Crippen LogP contribution in [0.5, 0.6) is 0 Å². The van der Waals surface area contributed by atoms with Gasteiger partial charge in [0.2, 0.25) is 5.91 Å². The van der Waals surface area contributed by atoms with E-state index in [0.717, 1.165) is 11.1 Å². The van der Waals surface area contributed by atoms with Crippen molar-refractivity contribution in [3.63, 3.8) is 0 Å². The van der Waals surface area contributed by atoms with Gasteiger partial charge < -0.3 is 10.1 Å². The van der Waals surface area contributed by atoms with E-state index in [9.17, 15) is 9.59 Å². The highest BCUT2D eigenvalue weighted by Gasteiger charge is 2.17. The maximum atomic E-state index is 12.1. The highest BCUT2D eigenvalue weighted by atomic mass is 32.1. The van der Waals surface area contributed by atoms with E-state index in [1.165, 1.54) is 0 Å². The fourth-order valence-corrected chi connectivity index (χ4v) is 2.71. The molecule has 0 bridgehead atoms. The Morgan fingerprint density at radius 1 is 1.17 bits per heavy atom. The number of thiophene rings is 1. The number of carbonyl (C=O) groups excluding carboxylic acids is 2. The third kappa shape index (κ3) is 6.04. The SMILES string of the molecule is CC(C)(C)OC(=O)Nc1ccccc1CC(=O)NCc1ccsc1. The summed E-state index contributed by atoms with van der Waals surface area (Å²) in [5.41, 5.74) is 1.83. The molecule has 0 fully saturated rings. The summed E-state index contributed by atoms with van der Waals surface area (Å²) in [6, 6.07) is 9.19. The summed E-state index contributed by atoms with van der Waals surface area (Å²) in [4.78, 5) is 24.0. The van der Waals surface area contributed by atoms with Crippen molar-refractivity contribution in [3.05, 3.63) is 52.2 Å². The second-order valence-electron chi connectivity index (χ2n) is 6.37. The van der Waals surface area contributed by atoms with Gasteiger partial charge in [-0.25, -0.2) is 4.79 Å². The molecule has 0 spiro atoms. The van der Waals surface area contributed by atoms with Crippen molar-refractivity contribution in [1.82, 2.24) is 5.32 Å². The number of ether oxygens (including phenoxy) is 1. The van der Waals surface area contributed by atoms with E-state index in [1.807, 2.05) is 29.0 Å². The minimum Gasteiger partial charge on any atom is -0.444 e. The summed E-state index contributed by atoms with van der Waals surface area (Å²) in [7, 11) is 0. The number of anilines is 1. The van der Waals surface area contributed by atoms with Gasteiger partial charge in [0.25, 0.3) is 0 Å². The zero-order valence-electron chi connectivity index (χ0n) is 14.1. The van der Waals surface area contributed by atoms with Crippen molar-refractivity contribution in [2.75, 3.05) is 5.32 Å². The Morgan fingerprint density at radius 3 is 2.58 bits per heavy atom. The number of carbonyl (C=O) groups is 2. The number of hydrogen-bond acceptors (Lipinski definition) is 4. The van der Waals surface area contributed by atoms with Gasteiger partial charge in [0, 0.05) is 12.2 Å². The summed E-state index contributed by atoms with van der Waals surface area (Å²) in [5, 5.41) is 9.55. The van der Waals surface area contributed by atoms with Crippen molar-refractivity contribution < 1.29 is 14.3 Å². The molecule has 0 aliphatic heterocycles. The molecular formula is C18H22N2O3S. The molecule has 24 heavy (non-hydrogen) atoms. The first-order valence-corrected chi connectivity index (χ1v) is 8.63. The topological polar surface area (TPSA) is 67.4 Å². The van der Waals surface area contributed by atoms with Crippen LogP contribution in [0.3, 0.4) is 0 Å². The molecule has 1 heterocycles. The first-order chi connectivity index (χ1) is 11.3. The maximum Gasteiger partial charge on any atom is 0.412 e. The molecule has 2 rings (SSSR count). The summed E-state index contributed by atoms with van der Waals surface area (Å²) in [5.74, 6) is -0.0976. The Balaban J connectivity index is 1.95. The van der Waals surface area contributed by atoms with E-state index in [4.69, 9.17) is 4.74 Å². The molecule has 5 nitrogen and oxygen atoms in total. The minimum atomic E-state index is -0.572. The van der Waals surface area contributed by atoms with Crippen LogP contribution < -0.4 is 10.6 Å². The molecule has 1 aromatic heterocycles. The Morgan fingerprint density at radius 2 is 1.92 bits per heavy atom. The van der Waals surface area contributed by atoms with Crippen LogP contribution in [-0.4, -0.2) is 17.6 Å². The molecule has 1 aromatic carbocycles. The smallest absolute Gasteiger partial charge is 0.412 e. The van der Waals surface area contributed by atoms with E-state index in [0.29, 0.717) is 12.2 Å². The van der Waals surface area contributed by atoms with Crippen LogP contribution in [0.25, 0.3) is 0 Å². The van der Waals surface area contributed by atoms with Gasteiger partial charge in [-0.1, -0.05) is 18.2 Å². The number of nitrogens with one attached hydrogen (secondary N) is 2. The van der Waals surface area contributed by atoms with Gasteiger partial charge in [-0.15, -0.1) is 0 Å². The lowest BCUT2D eigenvalue weighted by Gasteiger charge is -2.20. The number of rotatable bonds is 5. The lowest BCUT2D eigenvalue weighted by Crippen LogP contribution is -2.28. The highest BCUT2D eigenvalue weighted by Crippen LogP contribution is 2.17. The molecule has 2 N–H and O–H groups in total. The molecule has 2 amide bonds. The number of benzene rings is 1. The van der Waals surface area contributed by atoms with Gasteiger partial charge in [0.15, 0.2) is 0 Å². The Bertz CT molecular complexity index is 691. The summed E-state index contributed by atoms with van der Waals surface area (Å²) in [6.07, 6.45) is -0.343.